The Kier molecular flexibility index (Phi) is 4.34. The summed E-state index contributed by atoms with van der Waals surface area (Å²) in [6.45, 7) is 4.42. The Morgan fingerprint density at radius 3 is 3.00 bits per heavy atom. The molecule has 0 aromatic heterocycles. The first-order valence-corrected chi connectivity index (χ1v) is 7.55. The number of aliphatic hydroxyl groups excluding tert-OH is 1. The highest BCUT2D eigenvalue weighted by molar-refractivity contribution is 6.32. The van der Waals surface area contributed by atoms with Gasteiger partial charge in [0.15, 0.2) is 11.5 Å². The lowest BCUT2D eigenvalue weighted by Gasteiger charge is -2.22. The molecule has 1 atom stereocenters. The molecule has 0 aliphatic carbocycles. The van der Waals surface area contributed by atoms with Crippen LogP contribution in [0, 0.1) is 5.92 Å². The molecule has 1 aromatic rings. The van der Waals surface area contributed by atoms with Crippen LogP contribution in [0.1, 0.15) is 18.4 Å². The Morgan fingerprint density at radius 2 is 2.15 bits per heavy atom. The van der Waals surface area contributed by atoms with Crippen LogP contribution in [0.4, 0.5) is 0 Å². The number of benzene rings is 1. The molecule has 2 aliphatic heterocycles. The van der Waals surface area contributed by atoms with Crippen molar-refractivity contribution in [3.05, 3.63) is 22.7 Å². The summed E-state index contributed by atoms with van der Waals surface area (Å²) in [5.41, 5.74) is 1.16. The molecule has 0 spiro atoms. The van der Waals surface area contributed by atoms with Gasteiger partial charge in [-0.05, 0) is 43.0 Å². The molecule has 2 aliphatic rings. The molecule has 5 heteroatoms. The lowest BCUT2D eigenvalue weighted by molar-refractivity contribution is 0.171. The maximum atomic E-state index is 9.01. The summed E-state index contributed by atoms with van der Waals surface area (Å²) in [4.78, 5) is 2.40. The van der Waals surface area contributed by atoms with Crippen LogP contribution in [0.2, 0.25) is 5.02 Å². The van der Waals surface area contributed by atoms with Crippen LogP contribution in [0.3, 0.4) is 0 Å². The number of likely N-dealkylation sites (tertiary alicyclic amines) is 1. The van der Waals surface area contributed by atoms with E-state index in [0.29, 0.717) is 29.9 Å². The average Bonchev–Trinajstić information content (AvgIpc) is 2.87. The SMILES string of the molecule is OCCC1CCN(Cc2cc(Cl)c3c(c2)OCCO3)C1. The second kappa shape index (κ2) is 6.20. The lowest BCUT2D eigenvalue weighted by atomic mass is 10.1. The molecule has 1 unspecified atom stereocenters. The summed E-state index contributed by atoms with van der Waals surface area (Å²) < 4.78 is 11.1. The van der Waals surface area contributed by atoms with E-state index in [1.165, 1.54) is 6.42 Å². The van der Waals surface area contributed by atoms with Crippen LogP contribution in [0.5, 0.6) is 11.5 Å². The van der Waals surface area contributed by atoms with Crippen molar-refractivity contribution in [3.63, 3.8) is 0 Å². The molecule has 1 aromatic carbocycles. The van der Waals surface area contributed by atoms with Crippen molar-refractivity contribution in [2.75, 3.05) is 32.9 Å². The largest absolute Gasteiger partial charge is 0.486 e. The van der Waals surface area contributed by atoms with Gasteiger partial charge >= 0.3 is 0 Å². The van der Waals surface area contributed by atoms with Gasteiger partial charge in [0.2, 0.25) is 0 Å². The van der Waals surface area contributed by atoms with Crippen molar-refractivity contribution in [2.45, 2.75) is 19.4 Å². The van der Waals surface area contributed by atoms with Gasteiger partial charge in [0.25, 0.3) is 0 Å². The van der Waals surface area contributed by atoms with Gasteiger partial charge in [0.1, 0.15) is 13.2 Å². The molecule has 2 heterocycles. The van der Waals surface area contributed by atoms with Crippen molar-refractivity contribution in [1.29, 1.82) is 0 Å². The van der Waals surface area contributed by atoms with Crippen molar-refractivity contribution in [3.8, 4) is 11.5 Å². The predicted octanol–water partition coefficient (Wildman–Crippen LogP) is 2.32. The minimum atomic E-state index is 0.286. The van der Waals surface area contributed by atoms with Gasteiger partial charge in [-0.3, -0.25) is 4.90 Å². The molecule has 1 saturated heterocycles. The zero-order valence-corrected chi connectivity index (χ0v) is 12.2. The number of rotatable bonds is 4. The van der Waals surface area contributed by atoms with E-state index >= 15 is 0 Å². The van der Waals surface area contributed by atoms with Crippen molar-refractivity contribution >= 4 is 11.6 Å². The number of halogens is 1. The summed E-state index contributed by atoms with van der Waals surface area (Å²) in [5, 5.41) is 9.63. The first kappa shape index (κ1) is 14.0. The molecule has 0 bridgehead atoms. The molecular weight excluding hydrogens is 278 g/mol. The van der Waals surface area contributed by atoms with Crippen LogP contribution in [0.25, 0.3) is 0 Å². The van der Waals surface area contributed by atoms with Gasteiger partial charge in [-0.15, -0.1) is 0 Å². The van der Waals surface area contributed by atoms with Crippen LogP contribution in [0.15, 0.2) is 12.1 Å². The van der Waals surface area contributed by atoms with E-state index < -0.39 is 0 Å². The number of nitrogens with zero attached hydrogens (tertiary/aromatic N) is 1. The minimum Gasteiger partial charge on any atom is -0.486 e. The Balaban J connectivity index is 1.68. The smallest absolute Gasteiger partial charge is 0.179 e. The molecule has 3 rings (SSSR count). The number of aliphatic hydroxyl groups is 1. The van der Waals surface area contributed by atoms with E-state index in [1.54, 1.807) is 0 Å². The third-order valence-electron chi connectivity index (χ3n) is 3.97. The molecule has 0 amide bonds. The highest BCUT2D eigenvalue weighted by atomic mass is 35.5. The van der Waals surface area contributed by atoms with Gasteiger partial charge < -0.3 is 14.6 Å². The number of hydrogen-bond donors (Lipinski definition) is 1. The standard InChI is InChI=1S/C15H20ClNO3/c16-13-7-12(8-14-15(13)20-6-5-19-14)10-17-3-1-11(9-17)2-4-18/h7-8,11,18H,1-6,9-10H2. The second-order valence-corrected chi connectivity index (χ2v) is 5.91. The molecule has 20 heavy (non-hydrogen) atoms. The van der Waals surface area contributed by atoms with E-state index in [0.717, 1.165) is 37.4 Å². The van der Waals surface area contributed by atoms with Gasteiger partial charge in [-0.1, -0.05) is 11.6 Å². The van der Waals surface area contributed by atoms with E-state index in [1.807, 2.05) is 12.1 Å². The number of ether oxygens (including phenoxy) is 2. The fraction of sp³-hybridized carbons (Fsp3) is 0.600. The molecule has 0 radical (unpaired) electrons. The van der Waals surface area contributed by atoms with E-state index in [4.69, 9.17) is 26.2 Å². The minimum absolute atomic E-state index is 0.286. The molecule has 0 saturated carbocycles. The van der Waals surface area contributed by atoms with Crippen LogP contribution >= 0.6 is 11.6 Å². The zero-order chi connectivity index (χ0) is 13.9. The van der Waals surface area contributed by atoms with Gasteiger partial charge in [0, 0.05) is 19.7 Å². The monoisotopic (exact) mass is 297 g/mol. The predicted molar refractivity (Wildman–Crippen MR) is 77.5 cm³/mol. The molecule has 4 nitrogen and oxygen atoms in total. The first-order chi connectivity index (χ1) is 9.76. The quantitative estimate of drug-likeness (QED) is 0.926. The molecule has 110 valence electrons. The fourth-order valence-corrected chi connectivity index (χ4v) is 3.28. The number of hydrogen-bond acceptors (Lipinski definition) is 4. The topological polar surface area (TPSA) is 41.9 Å². The first-order valence-electron chi connectivity index (χ1n) is 7.17. The Morgan fingerprint density at radius 1 is 1.30 bits per heavy atom. The highest BCUT2D eigenvalue weighted by Crippen LogP contribution is 2.38. The second-order valence-electron chi connectivity index (χ2n) is 5.50. The van der Waals surface area contributed by atoms with Crippen molar-refractivity contribution < 1.29 is 14.6 Å². The average molecular weight is 298 g/mol. The van der Waals surface area contributed by atoms with E-state index in [-0.39, 0.29) is 6.61 Å². The van der Waals surface area contributed by atoms with Crippen LogP contribution in [-0.2, 0) is 6.54 Å². The van der Waals surface area contributed by atoms with Gasteiger partial charge in [-0.25, -0.2) is 0 Å². The van der Waals surface area contributed by atoms with Crippen molar-refractivity contribution in [2.24, 2.45) is 5.92 Å². The van der Waals surface area contributed by atoms with Crippen molar-refractivity contribution in [1.82, 2.24) is 4.90 Å². The summed E-state index contributed by atoms with van der Waals surface area (Å²) in [7, 11) is 0. The Bertz CT molecular complexity index is 480. The molecule has 1 fully saturated rings. The fourth-order valence-electron chi connectivity index (χ4n) is 2.99. The normalized spacial score (nSPS) is 22.2. The lowest BCUT2D eigenvalue weighted by Crippen LogP contribution is -2.21. The summed E-state index contributed by atoms with van der Waals surface area (Å²) in [6.07, 6.45) is 2.07. The number of fused-ring (bicyclic) bond motifs is 1. The zero-order valence-electron chi connectivity index (χ0n) is 11.5. The molecule has 1 N–H and O–H groups in total. The maximum absolute atomic E-state index is 9.01. The Hall–Kier alpha value is -0.970. The maximum Gasteiger partial charge on any atom is 0.179 e. The highest BCUT2D eigenvalue weighted by Gasteiger charge is 2.23. The van der Waals surface area contributed by atoms with E-state index in [2.05, 4.69) is 4.90 Å². The Labute approximate surface area is 124 Å². The van der Waals surface area contributed by atoms with Crippen LogP contribution in [-0.4, -0.2) is 42.9 Å². The van der Waals surface area contributed by atoms with Crippen LogP contribution < -0.4 is 9.47 Å². The summed E-state index contributed by atoms with van der Waals surface area (Å²) >= 11 is 6.25. The third-order valence-corrected chi connectivity index (χ3v) is 4.25. The summed E-state index contributed by atoms with van der Waals surface area (Å²) in [5.74, 6) is 2.04. The van der Waals surface area contributed by atoms with E-state index in [9.17, 15) is 0 Å². The molecular formula is C15H20ClNO3. The van der Waals surface area contributed by atoms with Gasteiger partial charge in [-0.2, -0.15) is 0 Å². The third kappa shape index (κ3) is 3.03. The summed E-state index contributed by atoms with van der Waals surface area (Å²) in [6, 6.07) is 3.99. The van der Waals surface area contributed by atoms with Gasteiger partial charge in [0.05, 0.1) is 5.02 Å².